The van der Waals surface area contributed by atoms with Crippen LogP contribution in [0.3, 0.4) is 0 Å². The Kier molecular flexibility index (Phi) is 6.85. The molecule has 0 aromatic heterocycles. The van der Waals surface area contributed by atoms with Crippen molar-refractivity contribution < 1.29 is 4.79 Å². The maximum Gasteiger partial charge on any atom is 0.223 e. The molecule has 0 aromatic carbocycles. The van der Waals surface area contributed by atoms with Gasteiger partial charge in [0.05, 0.1) is 0 Å². The van der Waals surface area contributed by atoms with E-state index in [1.807, 2.05) is 0 Å². The quantitative estimate of drug-likeness (QED) is 0.811. The molecule has 1 saturated carbocycles. The van der Waals surface area contributed by atoms with Gasteiger partial charge in [-0.05, 0) is 51.0 Å². The first kappa shape index (κ1) is 15.8. The van der Waals surface area contributed by atoms with E-state index in [-0.39, 0.29) is 5.92 Å². The Morgan fingerprint density at radius 1 is 1.15 bits per heavy atom. The zero-order valence-electron chi connectivity index (χ0n) is 13.1. The summed E-state index contributed by atoms with van der Waals surface area (Å²) in [5, 5.41) is 6.71. The molecular weight excluding hydrogens is 248 g/mol. The maximum atomic E-state index is 12.4. The summed E-state index contributed by atoms with van der Waals surface area (Å²) in [6, 6.07) is 0.364. The third kappa shape index (κ3) is 5.08. The van der Waals surface area contributed by atoms with Crippen molar-refractivity contribution in [3.63, 3.8) is 0 Å². The monoisotopic (exact) mass is 280 g/mol. The van der Waals surface area contributed by atoms with E-state index in [0.29, 0.717) is 11.9 Å². The molecule has 20 heavy (non-hydrogen) atoms. The van der Waals surface area contributed by atoms with E-state index in [0.717, 1.165) is 38.3 Å². The third-order valence-electron chi connectivity index (χ3n) is 5.08. The fourth-order valence-corrected chi connectivity index (χ4v) is 3.67. The highest BCUT2D eigenvalue weighted by atomic mass is 16.1. The fraction of sp³-hybridized carbons (Fsp3) is 0.941. The molecule has 3 nitrogen and oxygen atoms in total. The van der Waals surface area contributed by atoms with Crippen LogP contribution in [0.25, 0.3) is 0 Å². The molecule has 3 heteroatoms. The SMILES string of the molecule is CCCCC1CCC(C(=O)NC2CCCCNC2)CC1. The summed E-state index contributed by atoms with van der Waals surface area (Å²) in [4.78, 5) is 12.4. The molecule has 2 rings (SSSR count). The predicted octanol–water partition coefficient (Wildman–Crippen LogP) is 3.24. The van der Waals surface area contributed by atoms with Crippen molar-refractivity contribution in [1.29, 1.82) is 0 Å². The minimum absolute atomic E-state index is 0.288. The highest BCUT2D eigenvalue weighted by molar-refractivity contribution is 5.79. The molecule has 0 aromatic rings. The van der Waals surface area contributed by atoms with Gasteiger partial charge in [-0.1, -0.05) is 32.6 Å². The number of amides is 1. The molecule has 1 aliphatic heterocycles. The van der Waals surface area contributed by atoms with E-state index in [2.05, 4.69) is 17.6 Å². The second-order valence-electron chi connectivity index (χ2n) is 6.77. The van der Waals surface area contributed by atoms with Gasteiger partial charge in [0, 0.05) is 18.5 Å². The van der Waals surface area contributed by atoms with Crippen LogP contribution in [0.5, 0.6) is 0 Å². The van der Waals surface area contributed by atoms with Gasteiger partial charge in [0.2, 0.25) is 5.91 Å². The van der Waals surface area contributed by atoms with Crippen LogP contribution in [-0.4, -0.2) is 25.0 Å². The van der Waals surface area contributed by atoms with Crippen molar-refractivity contribution in [3.8, 4) is 0 Å². The minimum atomic E-state index is 0.288. The zero-order chi connectivity index (χ0) is 14.2. The largest absolute Gasteiger partial charge is 0.352 e. The topological polar surface area (TPSA) is 41.1 Å². The molecule has 2 N–H and O–H groups in total. The average Bonchev–Trinajstić information content (AvgIpc) is 2.74. The number of carbonyl (C=O) groups excluding carboxylic acids is 1. The molecular formula is C17H32N2O. The Labute approximate surface area is 124 Å². The van der Waals surface area contributed by atoms with E-state index >= 15 is 0 Å². The molecule has 0 radical (unpaired) electrons. The number of carbonyl (C=O) groups is 1. The summed E-state index contributed by atoms with van der Waals surface area (Å²) in [5.74, 6) is 1.50. The van der Waals surface area contributed by atoms with Crippen LogP contribution in [-0.2, 0) is 4.79 Å². The summed E-state index contributed by atoms with van der Waals surface area (Å²) in [7, 11) is 0. The highest BCUT2D eigenvalue weighted by Gasteiger charge is 2.27. The molecule has 1 aliphatic carbocycles. The first-order valence-corrected chi connectivity index (χ1v) is 8.80. The first-order chi connectivity index (χ1) is 9.79. The lowest BCUT2D eigenvalue weighted by atomic mass is 9.79. The van der Waals surface area contributed by atoms with Crippen molar-refractivity contribution in [1.82, 2.24) is 10.6 Å². The Balaban J connectivity index is 1.68. The highest BCUT2D eigenvalue weighted by Crippen LogP contribution is 2.32. The van der Waals surface area contributed by atoms with Crippen molar-refractivity contribution >= 4 is 5.91 Å². The molecule has 1 amide bonds. The summed E-state index contributed by atoms with van der Waals surface area (Å²) in [5.41, 5.74) is 0. The van der Waals surface area contributed by atoms with Crippen LogP contribution >= 0.6 is 0 Å². The van der Waals surface area contributed by atoms with Gasteiger partial charge in [0.25, 0.3) is 0 Å². The zero-order valence-corrected chi connectivity index (χ0v) is 13.1. The summed E-state index contributed by atoms with van der Waals surface area (Å²) >= 11 is 0. The lowest BCUT2D eigenvalue weighted by Gasteiger charge is -2.29. The fourth-order valence-electron chi connectivity index (χ4n) is 3.67. The van der Waals surface area contributed by atoms with E-state index in [4.69, 9.17) is 0 Å². The standard InChI is InChI=1S/C17H32N2O/c1-2-3-6-14-8-10-15(11-9-14)17(20)19-16-7-4-5-12-18-13-16/h14-16,18H,2-13H2,1H3,(H,19,20). The Hall–Kier alpha value is -0.570. The van der Waals surface area contributed by atoms with Gasteiger partial charge < -0.3 is 10.6 Å². The van der Waals surface area contributed by atoms with Gasteiger partial charge in [-0.2, -0.15) is 0 Å². The molecule has 1 atom stereocenters. The molecule has 116 valence electrons. The molecule has 1 saturated heterocycles. The molecule has 2 fully saturated rings. The molecule has 1 unspecified atom stereocenters. The van der Waals surface area contributed by atoms with Crippen LogP contribution in [0.15, 0.2) is 0 Å². The molecule has 0 spiro atoms. The Morgan fingerprint density at radius 3 is 2.70 bits per heavy atom. The van der Waals surface area contributed by atoms with Gasteiger partial charge in [0.15, 0.2) is 0 Å². The smallest absolute Gasteiger partial charge is 0.223 e. The summed E-state index contributed by atoms with van der Waals surface area (Å²) in [6.07, 6.45) is 12.4. The van der Waals surface area contributed by atoms with Gasteiger partial charge in [-0.15, -0.1) is 0 Å². The molecule has 0 bridgehead atoms. The lowest BCUT2D eigenvalue weighted by molar-refractivity contribution is -0.127. The maximum absolute atomic E-state index is 12.4. The van der Waals surface area contributed by atoms with Crippen LogP contribution in [0, 0.1) is 11.8 Å². The third-order valence-corrected chi connectivity index (χ3v) is 5.08. The second kappa shape index (κ2) is 8.66. The van der Waals surface area contributed by atoms with Crippen molar-refractivity contribution in [2.75, 3.05) is 13.1 Å². The van der Waals surface area contributed by atoms with E-state index in [9.17, 15) is 4.79 Å². The number of rotatable bonds is 5. The molecule has 2 aliphatic rings. The number of hydrogen-bond donors (Lipinski definition) is 2. The van der Waals surface area contributed by atoms with Gasteiger partial charge in [0.1, 0.15) is 0 Å². The average molecular weight is 280 g/mol. The molecule has 1 heterocycles. The van der Waals surface area contributed by atoms with Gasteiger partial charge in [-0.3, -0.25) is 4.79 Å². The lowest BCUT2D eigenvalue weighted by Crippen LogP contribution is -2.44. The number of nitrogens with one attached hydrogen (secondary N) is 2. The number of hydrogen-bond acceptors (Lipinski definition) is 2. The predicted molar refractivity (Wildman–Crippen MR) is 83.6 cm³/mol. The van der Waals surface area contributed by atoms with Crippen LogP contribution in [0.4, 0.5) is 0 Å². The van der Waals surface area contributed by atoms with Crippen LogP contribution in [0.1, 0.15) is 71.1 Å². The summed E-state index contributed by atoms with van der Waals surface area (Å²) < 4.78 is 0. The van der Waals surface area contributed by atoms with Crippen molar-refractivity contribution in [3.05, 3.63) is 0 Å². The van der Waals surface area contributed by atoms with Gasteiger partial charge >= 0.3 is 0 Å². The van der Waals surface area contributed by atoms with E-state index < -0.39 is 0 Å². The van der Waals surface area contributed by atoms with E-state index in [1.165, 1.54) is 44.9 Å². The second-order valence-corrected chi connectivity index (χ2v) is 6.77. The Bertz CT molecular complexity index is 277. The van der Waals surface area contributed by atoms with Crippen molar-refractivity contribution in [2.45, 2.75) is 77.2 Å². The normalized spacial score (nSPS) is 31.6. The van der Waals surface area contributed by atoms with Gasteiger partial charge in [-0.25, -0.2) is 0 Å². The minimum Gasteiger partial charge on any atom is -0.352 e. The number of unbranched alkanes of at least 4 members (excludes halogenated alkanes) is 1. The first-order valence-electron chi connectivity index (χ1n) is 8.80. The summed E-state index contributed by atoms with van der Waals surface area (Å²) in [6.45, 7) is 4.33. The van der Waals surface area contributed by atoms with Crippen molar-refractivity contribution in [2.24, 2.45) is 11.8 Å². The Morgan fingerprint density at radius 2 is 1.95 bits per heavy atom. The van der Waals surface area contributed by atoms with Crippen LogP contribution < -0.4 is 10.6 Å². The van der Waals surface area contributed by atoms with Crippen LogP contribution in [0.2, 0.25) is 0 Å². The van der Waals surface area contributed by atoms with E-state index in [1.54, 1.807) is 0 Å².